The maximum atomic E-state index is 13.0. The molecule has 0 aliphatic rings. The Bertz CT molecular complexity index is 822. The number of likely N-dealkylation sites (N-methyl/N-ethyl adjacent to an activating group) is 1. The van der Waals surface area contributed by atoms with Gasteiger partial charge in [-0.25, -0.2) is 4.98 Å². The number of thiazole rings is 1. The number of aromatic nitrogens is 1. The standard InChI is InChI=1S/C23H30N4OS/c1-4-7-21(19-11-9-18(10-12-19)8-6-13-25-5-2)27(3)23(28)20(17-24)16-22-26-14-15-29-22/h9-12,14-16,21,25H,4-8,13H2,1-3H3/b20-16+. The van der Waals surface area contributed by atoms with Gasteiger partial charge in [-0.15, -0.1) is 11.3 Å². The van der Waals surface area contributed by atoms with Crippen molar-refractivity contribution in [3.05, 3.63) is 57.6 Å². The summed E-state index contributed by atoms with van der Waals surface area (Å²) in [7, 11) is 1.78. The van der Waals surface area contributed by atoms with Gasteiger partial charge in [-0.1, -0.05) is 44.5 Å². The molecule has 0 radical (unpaired) electrons. The fourth-order valence-electron chi connectivity index (χ4n) is 3.26. The van der Waals surface area contributed by atoms with Gasteiger partial charge in [0.15, 0.2) is 0 Å². The van der Waals surface area contributed by atoms with E-state index in [1.54, 1.807) is 24.2 Å². The average molecular weight is 411 g/mol. The van der Waals surface area contributed by atoms with E-state index in [0.717, 1.165) is 44.3 Å². The highest BCUT2D eigenvalue weighted by Crippen LogP contribution is 2.27. The lowest BCUT2D eigenvalue weighted by Gasteiger charge is -2.28. The smallest absolute Gasteiger partial charge is 0.264 e. The van der Waals surface area contributed by atoms with Gasteiger partial charge in [-0.3, -0.25) is 4.79 Å². The Balaban J connectivity index is 2.13. The summed E-state index contributed by atoms with van der Waals surface area (Å²) >= 11 is 1.41. The molecule has 0 aliphatic carbocycles. The van der Waals surface area contributed by atoms with E-state index < -0.39 is 0 Å². The predicted molar refractivity (Wildman–Crippen MR) is 119 cm³/mol. The first-order chi connectivity index (χ1) is 14.1. The summed E-state index contributed by atoms with van der Waals surface area (Å²) in [5.74, 6) is -0.268. The average Bonchev–Trinajstić information content (AvgIpc) is 3.26. The van der Waals surface area contributed by atoms with E-state index in [1.165, 1.54) is 16.9 Å². The lowest BCUT2D eigenvalue weighted by atomic mass is 9.98. The van der Waals surface area contributed by atoms with Crippen molar-refractivity contribution in [3.63, 3.8) is 0 Å². The van der Waals surface area contributed by atoms with Crippen molar-refractivity contribution in [3.8, 4) is 6.07 Å². The molecule has 0 saturated carbocycles. The highest BCUT2D eigenvalue weighted by Gasteiger charge is 2.24. The number of amides is 1. The van der Waals surface area contributed by atoms with E-state index in [9.17, 15) is 10.1 Å². The molecular weight excluding hydrogens is 380 g/mol. The second-order valence-electron chi connectivity index (χ2n) is 6.96. The van der Waals surface area contributed by atoms with Crippen LogP contribution in [0, 0.1) is 11.3 Å². The number of benzene rings is 1. The summed E-state index contributed by atoms with van der Waals surface area (Å²) in [5, 5.41) is 15.3. The molecule has 2 rings (SSSR count). The molecule has 29 heavy (non-hydrogen) atoms. The third-order valence-electron chi connectivity index (χ3n) is 4.85. The molecule has 0 bridgehead atoms. The van der Waals surface area contributed by atoms with Crippen molar-refractivity contribution in [2.45, 2.75) is 45.6 Å². The summed E-state index contributed by atoms with van der Waals surface area (Å²) in [4.78, 5) is 18.8. The number of carbonyl (C=O) groups excluding carboxylic acids is 1. The molecule has 154 valence electrons. The molecule has 1 aromatic heterocycles. The zero-order valence-electron chi connectivity index (χ0n) is 17.5. The second-order valence-corrected chi connectivity index (χ2v) is 7.89. The van der Waals surface area contributed by atoms with Gasteiger partial charge in [0, 0.05) is 18.6 Å². The number of hydrogen-bond acceptors (Lipinski definition) is 5. The summed E-state index contributed by atoms with van der Waals surface area (Å²) in [6.07, 6.45) is 7.18. The van der Waals surface area contributed by atoms with Gasteiger partial charge in [0.25, 0.3) is 5.91 Å². The second kappa shape index (κ2) is 12.2. The van der Waals surface area contributed by atoms with Crippen molar-refractivity contribution in [2.24, 2.45) is 0 Å². The molecule has 1 aromatic carbocycles. The molecule has 0 spiro atoms. The third-order valence-corrected chi connectivity index (χ3v) is 5.58. The highest BCUT2D eigenvalue weighted by molar-refractivity contribution is 7.10. The molecule has 1 amide bonds. The van der Waals surface area contributed by atoms with Crippen LogP contribution in [0.15, 0.2) is 41.4 Å². The van der Waals surface area contributed by atoms with Crippen LogP contribution in [0.4, 0.5) is 0 Å². The van der Waals surface area contributed by atoms with Crippen LogP contribution in [-0.2, 0) is 11.2 Å². The minimum atomic E-state index is -0.268. The molecular formula is C23H30N4OS. The number of rotatable bonds is 11. The predicted octanol–water partition coefficient (Wildman–Crippen LogP) is 4.59. The molecule has 1 unspecified atom stereocenters. The fourth-order valence-corrected chi connectivity index (χ4v) is 3.83. The summed E-state index contributed by atoms with van der Waals surface area (Å²) in [6.45, 7) is 6.25. The molecule has 0 aliphatic heterocycles. The monoisotopic (exact) mass is 410 g/mol. The molecule has 1 heterocycles. The van der Waals surface area contributed by atoms with Gasteiger partial charge in [0.05, 0.1) is 6.04 Å². The first-order valence-electron chi connectivity index (χ1n) is 10.2. The van der Waals surface area contributed by atoms with Crippen LogP contribution in [-0.4, -0.2) is 35.9 Å². The third kappa shape index (κ3) is 6.81. The Morgan fingerprint density at radius 1 is 1.34 bits per heavy atom. The minimum Gasteiger partial charge on any atom is -0.334 e. The first-order valence-corrected chi connectivity index (χ1v) is 11.1. The Hall–Kier alpha value is -2.49. The Kier molecular flexibility index (Phi) is 9.55. The number of hydrogen-bond donors (Lipinski definition) is 1. The van der Waals surface area contributed by atoms with Crippen molar-refractivity contribution < 1.29 is 4.79 Å². The van der Waals surface area contributed by atoms with Crippen molar-refractivity contribution >= 4 is 23.3 Å². The maximum absolute atomic E-state index is 13.0. The molecule has 6 heteroatoms. The summed E-state index contributed by atoms with van der Waals surface area (Å²) in [5.41, 5.74) is 2.52. The van der Waals surface area contributed by atoms with Gasteiger partial charge in [0.1, 0.15) is 16.6 Å². The number of aryl methyl sites for hydroxylation is 1. The van der Waals surface area contributed by atoms with E-state index in [4.69, 9.17) is 0 Å². The molecule has 1 atom stereocenters. The lowest BCUT2D eigenvalue weighted by Crippen LogP contribution is -2.32. The van der Waals surface area contributed by atoms with Gasteiger partial charge in [-0.05, 0) is 49.6 Å². The molecule has 5 nitrogen and oxygen atoms in total. The SMILES string of the molecule is CCCC(c1ccc(CCCNCC)cc1)N(C)C(=O)/C(C#N)=C/c1nccs1. The molecule has 0 fully saturated rings. The van der Waals surface area contributed by atoms with Crippen LogP contribution in [0.2, 0.25) is 0 Å². The van der Waals surface area contributed by atoms with Gasteiger partial charge in [-0.2, -0.15) is 5.26 Å². The summed E-state index contributed by atoms with van der Waals surface area (Å²) < 4.78 is 0. The van der Waals surface area contributed by atoms with Gasteiger partial charge in [0.2, 0.25) is 0 Å². The Morgan fingerprint density at radius 3 is 2.69 bits per heavy atom. The number of carbonyl (C=O) groups is 1. The Labute approximate surface area is 178 Å². The zero-order valence-corrected chi connectivity index (χ0v) is 18.3. The molecule has 1 N–H and O–H groups in total. The normalized spacial score (nSPS) is 12.4. The topological polar surface area (TPSA) is 69.0 Å². The number of nitrogens with zero attached hydrogens (tertiary/aromatic N) is 3. The van der Waals surface area contributed by atoms with Crippen LogP contribution < -0.4 is 5.32 Å². The van der Waals surface area contributed by atoms with Gasteiger partial charge < -0.3 is 10.2 Å². The van der Waals surface area contributed by atoms with E-state index in [1.807, 2.05) is 11.4 Å². The zero-order chi connectivity index (χ0) is 21.1. The molecule has 2 aromatic rings. The van der Waals surface area contributed by atoms with Crippen LogP contribution in [0.25, 0.3) is 6.08 Å². The van der Waals surface area contributed by atoms with Gasteiger partial charge >= 0.3 is 0 Å². The van der Waals surface area contributed by atoms with E-state index in [0.29, 0.717) is 5.01 Å². The molecule has 0 saturated heterocycles. The van der Waals surface area contributed by atoms with Crippen LogP contribution in [0.5, 0.6) is 0 Å². The maximum Gasteiger partial charge on any atom is 0.264 e. The van der Waals surface area contributed by atoms with E-state index >= 15 is 0 Å². The minimum absolute atomic E-state index is 0.0589. The van der Waals surface area contributed by atoms with Crippen LogP contribution >= 0.6 is 11.3 Å². The number of nitriles is 1. The quantitative estimate of drug-likeness (QED) is 0.334. The lowest BCUT2D eigenvalue weighted by molar-refractivity contribution is -0.127. The fraction of sp³-hybridized carbons (Fsp3) is 0.435. The van der Waals surface area contributed by atoms with E-state index in [2.05, 4.69) is 48.4 Å². The van der Waals surface area contributed by atoms with Crippen LogP contribution in [0.3, 0.4) is 0 Å². The highest BCUT2D eigenvalue weighted by atomic mass is 32.1. The van der Waals surface area contributed by atoms with Crippen LogP contribution in [0.1, 0.15) is 55.3 Å². The van der Waals surface area contributed by atoms with E-state index in [-0.39, 0.29) is 17.5 Å². The first kappa shape index (κ1) is 22.8. The Morgan fingerprint density at radius 2 is 2.10 bits per heavy atom. The largest absolute Gasteiger partial charge is 0.334 e. The summed E-state index contributed by atoms with van der Waals surface area (Å²) in [6, 6.07) is 10.5. The number of nitrogens with one attached hydrogen (secondary N) is 1. The van der Waals surface area contributed by atoms with Crippen molar-refractivity contribution in [2.75, 3.05) is 20.1 Å². The van der Waals surface area contributed by atoms with Crippen molar-refractivity contribution in [1.29, 1.82) is 5.26 Å². The van der Waals surface area contributed by atoms with Crippen molar-refractivity contribution in [1.82, 2.24) is 15.2 Å².